The van der Waals surface area contributed by atoms with Gasteiger partial charge in [0.1, 0.15) is 22.3 Å². The average Bonchev–Trinajstić information content (AvgIpc) is 3.89. The van der Waals surface area contributed by atoms with Crippen LogP contribution in [0.25, 0.3) is 75.2 Å². The van der Waals surface area contributed by atoms with Gasteiger partial charge in [0, 0.05) is 47.3 Å². The molecule has 0 radical (unpaired) electrons. The molecule has 10 aromatic rings. The summed E-state index contributed by atoms with van der Waals surface area (Å²) in [5.41, 5.74) is 9.24. The van der Waals surface area contributed by atoms with Crippen LogP contribution < -0.4 is 16.0 Å². The van der Waals surface area contributed by atoms with Crippen LogP contribution in [0.15, 0.2) is 160 Å². The van der Waals surface area contributed by atoms with E-state index in [0.717, 1.165) is 60.6 Å². The third kappa shape index (κ3) is 4.58. The van der Waals surface area contributed by atoms with E-state index >= 15 is 0 Å². The lowest BCUT2D eigenvalue weighted by Gasteiger charge is -2.39. The summed E-state index contributed by atoms with van der Waals surface area (Å²) in [6.07, 6.45) is -0.421. The van der Waals surface area contributed by atoms with Crippen LogP contribution >= 0.6 is 11.3 Å². The van der Waals surface area contributed by atoms with Crippen molar-refractivity contribution in [2.24, 2.45) is 0 Å². The van der Waals surface area contributed by atoms with E-state index in [4.69, 9.17) is 8.83 Å². The summed E-state index contributed by atoms with van der Waals surface area (Å²) in [7, 11) is 0. The first kappa shape index (κ1) is 29.0. The average molecular weight is 678 g/mol. The predicted octanol–water partition coefficient (Wildman–Crippen LogP) is 11.7. The van der Waals surface area contributed by atoms with Gasteiger partial charge in [0.05, 0.1) is 18.5 Å². The fourth-order valence-corrected chi connectivity index (χ4v) is 9.25. The molecule has 0 aliphatic carbocycles. The van der Waals surface area contributed by atoms with Gasteiger partial charge in [-0.05, 0) is 58.7 Å². The number of benzene rings is 7. The van der Waals surface area contributed by atoms with Gasteiger partial charge in [0.2, 0.25) is 0 Å². The number of rotatable bonds is 4. The molecule has 0 amide bonds. The molecule has 3 atom stereocenters. The zero-order valence-corrected chi connectivity index (χ0v) is 28.2. The third-order valence-corrected chi connectivity index (χ3v) is 11.6. The Morgan fingerprint density at radius 3 is 2.04 bits per heavy atom. The maximum Gasteiger partial charge on any atom is 0.141 e. The Balaban J connectivity index is 1.05. The maximum absolute atomic E-state index is 6.86. The molecule has 7 aromatic carbocycles. The highest BCUT2D eigenvalue weighted by Crippen LogP contribution is 2.42. The Labute approximate surface area is 297 Å². The summed E-state index contributed by atoms with van der Waals surface area (Å²) in [6, 6.07) is 53.6. The van der Waals surface area contributed by atoms with Crippen molar-refractivity contribution in [2.45, 2.75) is 18.5 Å². The van der Waals surface area contributed by atoms with Crippen molar-refractivity contribution in [3.63, 3.8) is 0 Å². The van der Waals surface area contributed by atoms with Crippen LogP contribution in [0, 0.1) is 0 Å². The van der Waals surface area contributed by atoms with E-state index < -0.39 is 0 Å². The number of thiophene rings is 1. The summed E-state index contributed by atoms with van der Waals surface area (Å²) in [6.45, 7) is 0. The second-order valence-corrected chi connectivity index (χ2v) is 14.4. The Hall–Kier alpha value is -5.76. The zero-order chi connectivity index (χ0) is 33.5. The molecule has 1 fully saturated rings. The largest absolute Gasteiger partial charge is 0.456 e. The predicted molar refractivity (Wildman–Crippen MR) is 210 cm³/mol. The number of hydrogen-bond acceptors (Lipinski definition) is 6. The molecule has 6 heteroatoms. The topological polar surface area (TPSA) is 62.4 Å². The molecule has 244 valence electrons. The van der Waals surface area contributed by atoms with Gasteiger partial charge >= 0.3 is 0 Å². The zero-order valence-electron chi connectivity index (χ0n) is 27.4. The van der Waals surface area contributed by atoms with E-state index in [1.807, 2.05) is 29.5 Å². The van der Waals surface area contributed by atoms with Gasteiger partial charge in [0.15, 0.2) is 0 Å². The molecule has 3 aromatic heterocycles. The first-order chi connectivity index (χ1) is 25.3. The molecule has 3 unspecified atom stereocenters. The number of fused-ring (bicyclic) bond motifs is 9. The summed E-state index contributed by atoms with van der Waals surface area (Å²) in [5, 5.41) is 18.8. The summed E-state index contributed by atoms with van der Waals surface area (Å²) < 4.78 is 15.7. The smallest absolute Gasteiger partial charge is 0.141 e. The second-order valence-electron chi connectivity index (χ2n) is 13.3. The standard InChI is InChI=1S/C45H31N3O2S/c1-2-11-26(12-3-1)43-46-44(33-17-10-22-39-41(33)32-14-5-7-21-38(32)51-39)48-45(47-43)34-18-8-16-30-29-24-23-27(25-37(29)50-42(30)34)28-15-9-20-36-40(28)31-13-4-6-19-35(31)49-36/h1-25,43-48H. The number of nitrogens with one attached hydrogen (secondary N) is 3. The highest BCUT2D eigenvalue weighted by Gasteiger charge is 2.32. The molecule has 5 nitrogen and oxygen atoms in total. The van der Waals surface area contributed by atoms with E-state index in [0.29, 0.717) is 0 Å². The lowest BCUT2D eigenvalue weighted by molar-refractivity contribution is 0.204. The van der Waals surface area contributed by atoms with Gasteiger partial charge in [-0.1, -0.05) is 115 Å². The number of hydrogen-bond donors (Lipinski definition) is 3. The molecule has 0 bridgehead atoms. The maximum atomic E-state index is 6.86. The molecule has 3 N–H and O–H groups in total. The van der Waals surface area contributed by atoms with Crippen LogP contribution in [-0.2, 0) is 0 Å². The van der Waals surface area contributed by atoms with E-state index in [1.165, 1.54) is 31.3 Å². The van der Waals surface area contributed by atoms with E-state index in [2.05, 4.69) is 149 Å². The Morgan fingerprint density at radius 1 is 0.431 bits per heavy atom. The molecule has 0 spiro atoms. The van der Waals surface area contributed by atoms with Gasteiger partial charge in [-0.3, -0.25) is 16.0 Å². The van der Waals surface area contributed by atoms with Gasteiger partial charge in [0.25, 0.3) is 0 Å². The molecular formula is C45H31N3O2S. The summed E-state index contributed by atoms with van der Waals surface area (Å²) in [5.74, 6) is 0. The molecule has 11 rings (SSSR count). The van der Waals surface area contributed by atoms with Gasteiger partial charge in [-0.2, -0.15) is 0 Å². The highest BCUT2D eigenvalue weighted by atomic mass is 32.1. The Kier molecular flexibility index (Phi) is 6.48. The molecule has 4 heterocycles. The summed E-state index contributed by atoms with van der Waals surface area (Å²) in [4.78, 5) is 0. The lowest BCUT2D eigenvalue weighted by atomic mass is 9.98. The van der Waals surface area contributed by atoms with Gasteiger partial charge in [-0.15, -0.1) is 11.3 Å². The Bertz CT molecular complexity index is 2940. The van der Waals surface area contributed by atoms with E-state index in [9.17, 15) is 0 Å². The van der Waals surface area contributed by atoms with Crippen LogP contribution in [0.4, 0.5) is 0 Å². The van der Waals surface area contributed by atoms with Crippen molar-refractivity contribution in [3.05, 3.63) is 168 Å². The molecule has 1 aliphatic heterocycles. The van der Waals surface area contributed by atoms with Crippen molar-refractivity contribution in [1.29, 1.82) is 0 Å². The SMILES string of the molecule is c1ccc(C2NC(c3cccc4c3oc3cc(-c5cccc6oc7ccccc7c56)ccc34)NC(c3cccc4sc5ccccc5c34)N2)cc1. The van der Waals surface area contributed by atoms with Crippen LogP contribution in [0.3, 0.4) is 0 Å². The van der Waals surface area contributed by atoms with Gasteiger partial charge in [-0.25, -0.2) is 0 Å². The first-order valence-electron chi connectivity index (χ1n) is 17.4. The fourth-order valence-electron chi connectivity index (χ4n) is 8.11. The molecule has 51 heavy (non-hydrogen) atoms. The van der Waals surface area contributed by atoms with Crippen LogP contribution in [0.5, 0.6) is 0 Å². The Morgan fingerprint density at radius 2 is 1.12 bits per heavy atom. The fraction of sp³-hybridized carbons (Fsp3) is 0.0667. The minimum absolute atomic E-state index is 0.0980. The summed E-state index contributed by atoms with van der Waals surface area (Å²) >= 11 is 1.85. The quantitative estimate of drug-likeness (QED) is 0.173. The molecular weight excluding hydrogens is 647 g/mol. The van der Waals surface area contributed by atoms with Crippen LogP contribution in [0.1, 0.15) is 35.2 Å². The molecule has 1 saturated heterocycles. The third-order valence-electron chi connectivity index (χ3n) is 10.4. The van der Waals surface area contributed by atoms with Crippen molar-refractivity contribution in [3.8, 4) is 11.1 Å². The monoisotopic (exact) mass is 677 g/mol. The minimum Gasteiger partial charge on any atom is -0.456 e. The van der Waals surface area contributed by atoms with Crippen molar-refractivity contribution in [2.75, 3.05) is 0 Å². The molecule has 1 aliphatic rings. The minimum atomic E-state index is -0.198. The van der Waals surface area contributed by atoms with E-state index in [1.54, 1.807) is 0 Å². The van der Waals surface area contributed by atoms with Crippen molar-refractivity contribution in [1.82, 2.24) is 16.0 Å². The van der Waals surface area contributed by atoms with Gasteiger partial charge < -0.3 is 8.83 Å². The normalized spacial score (nSPS) is 18.2. The second kappa shape index (κ2) is 11.4. The highest BCUT2D eigenvalue weighted by molar-refractivity contribution is 7.25. The van der Waals surface area contributed by atoms with Crippen LogP contribution in [-0.4, -0.2) is 0 Å². The van der Waals surface area contributed by atoms with Crippen LogP contribution in [0.2, 0.25) is 0 Å². The van der Waals surface area contributed by atoms with Crippen molar-refractivity contribution >= 4 is 75.4 Å². The lowest BCUT2D eigenvalue weighted by Crippen LogP contribution is -2.54. The molecule has 0 saturated carbocycles. The number of furan rings is 2. The number of para-hydroxylation sites is 2. The van der Waals surface area contributed by atoms with Crippen molar-refractivity contribution < 1.29 is 8.83 Å². The van der Waals surface area contributed by atoms with E-state index in [-0.39, 0.29) is 18.5 Å². The first-order valence-corrected chi connectivity index (χ1v) is 18.2.